The number of ether oxygens (including phenoxy) is 2. The number of sulfonamides is 1. The highest BCUT2D eigenvalue weighted by molar-refractivity contribution is 7.89. The number of benzene rings is 1. The summed E-state index contributed by atoms with van der Waals surface area (Å²) >= 11 is 6.29. The zero-order valence-electron chi connectivity index (χ0n) is 21.0. The van der Waals surface area contributed by atoms with Gasteiger partial charge in [-0.3, -0.25) is 4.90 Å². The van der Waals surface area contributed by atoms with Gasteiger partial charge in [0.25, 0.3) is 0 Å². The highest BCUT2D eigenvalue weighted by atomic mass is 35.5. The molecule has 5 rings (SSSR count). The topological polar surface area (TPSA) is 125 Å². The maximum absolute atomic E-state index is 13.4. The molecular formula is C24H32ClN7O4S. The van der Waals surface area contributed by atoms with Gasteiger partial charge in [-0.05, 0) is 31.9 Å². The van der Waals surface area contributed by atoms with Crippen LogP contribution in [0.3, 0.4) is 0 Å². The van der Waals surface area contributed by atoms with Gasteiger partial charge in [0.2, 0.25) is 16.0 Å². The van der Waals surface area contributed by atoms with Crippen molar-refractivity contribution in [1.82, 2.24) is 24.2 Å². The second-order valence-electron chi connectivity index (χ2n) is 9.06. The van der Waals surface area contributed by atoms with Crippen LogP contribution in [-0.4, -0.2) is 91.7 Å². The molecule has 200 valence electrons. The smallest absolute Gasteiger partial charge is 0.243 e. The number of aromatic amines is 1. The van der Waals surface area contributed by atoms with E-state index in [4.69, 9.17) is 21.1 Å². The molecule has 0 amide bonds. The molecule has 4 heterocycles. The van der Waals surface area contributed by atoms with Crippen LogP contribution in [0.25, 0.3) is 11.0 Å². The largest absolute Gasteiger partial charge is 0.495 e. The van der Waals surface area contributed by atoms with Crippen LogP contribution in [0.2, 0.25) is 5.02 Å². The number of anilines is 3. The van der Waals surface area contributed by atoms with Gasteiger partial charge in [-0.15, -0.1) is 0 Å². The number of fused-ring (bicyclic) bond motifs is 1. The molecule has 2 aliphatic heterocycles. The Bertz CT molecular complexity index is 1350. The monoisotopic (exact) mass is 549 g/mol. The number of nitrogens with zero attached hydrogens (tertiary/aromatic N) is 4. The SMILES string of the molecule is CCNc1nc(Nc2ccc(S(=O)(=O)N3CCC(N4CCOCC4)CC3)cc2OC)nc2[nH]cc(Cl)c12. The van der Waals surface area contributed by atoms with Gasteiger partial charge in [0, 0.05) is 51.0 Å². The van der Waals surface area contributed by atoms with Crippen molar-refractivity contribution in [3.63, 3.8) is 0 Å². The Labute approximate surface area is 221 Å². The summed E-state index contributed by atoms with van der Waals surface area (Å²) in [4.78, 5) is 14.7. The Kier molecular flexibility index (Phi) is 7.72. The Morgan fingerprint density at radius 2 is 1.95 bits per heavy atom. The molecule has 13 heteroatoms. The van der Waals surface area contributed by atoms with Crippen LogP contribution in [0.5, 0.6) is 5.75 Å². The highest BCUT2D eigenvalue weighted by Gasteiger charge is 2.32. The van der Waals surface area contributed by atoms with Crippen molar-refractivity contribution in [1.29, 1.82) is 0 Å². The Morgan fingerprint density at radius 3 is 2.65 bits per heavy atom. The average molecular weight is 550 g/mol. The summed E-state index contributed by atoms with van der Waals surface area (Å²) in [6, 6.07) is 5.20. The molecule has 0 aliphatic carbocycles. The van der Waals surface area contributed by atoms with Crippen LogP contribution in [0.1, 0.15) is 19.8 Å². The van der Waals surface area contributed by atoms with Crippen LogP contribution in [0.4, 0.5) is 17.5 Å². The van der Waals surface area contributed by atoms with Gasteiger partial charge in [0.05, 0.1) is 41.3 Å². The van der Waals surface area contributed by atoms with E-state index in [1.807, 2.05) is 6.92 Å². The van der Waals surface area contributed by atoms with Crippen LogP contribution in [0, 0.1) is 0 Å². The predicted octanol–water partition coefficient (Wildman–Crippen LogP) is 3.28. The van der Waals surface area contributed by atoms with E-state index in [0.29, 0.717) is 64.9 Å². The fourth-order valence-electron chi connectivity index (χ4n) is 4.94. The van der Waals surface area contributed by atoms with E-state index in [1.165, 1.54) is 7.11 Å². The van der Waals surface area contributed by atoms with Gasteiger partial charge < -0.3 is 25.1 Å². The number of piperidine rings is 1. The standard InChI is InChI=1S/C24H32ClN7O4S/c1-3-26-22-21-18(25)15-27-23(21)30-24(29-22)28-19-5-4-17(14-20(19)35-2)37(33,34)32-8-6-16(7-9-32)31-10-12-36-13-11-31/h4-5,14-16H,3,6-13H2,1-2H3,(H3,26,27,28,29,30). The summed E-state index contributed by atoms with van der Waals surface area (Å²) in [7, 11) is -2.15. The fraction of sp³-hybridized carbons (Fsp3) is 0.500. The third-order valence-electron chi connectivity index (χ3n) is 6.87. The minimum atomic E-state index is -3.66. The van der Waals surface area contributed by atoms with Crippen LogP contribution < -0.4 is 15.4 Å². The molecule has 2 fully saturated rings. The summed E-state index contributed by atoms with van der Waals surface area (Å²) < 4.78 is 39.4. The van der Waals surface area contributed by atoms with E-state index < -0.39 is 10.0 Å². The first kappa shape index (κ1) is 26.0. The van der Waals surface area contributed by atoms with E-state index in [2.05, 4.69) is 30.5 Å². The zero-order valence-corrected chi connectivity index (χ0v) is 22.5. The summed E-state index contributed by atoms with van der Waals surface area (Å²) in [5.74, 6) is 1.29. The molecule has 0 unspecified atom stereocenters. The summed E-state index contributed by atoms with van der Waals surface area (Å²) in [5, 5.41) is 7.58. The molecular weight excluding hydrogens is 518 g/mol. The molecule has 0 saturated carbocycles. The van der Waals surface area contributed by atoms with E-state index in [-0.39, 0.29) is 4.90 Å². The molecule has 0 radical (unpaired) electrons. The number of H-pyrrole nitrogens is 1. The number of rotatable bonds is 8. The van der Waals surface area contributed by atoms with Gasteiger partial charge >= 0.3 is 0 Å². The van der Waals surface area contributed by atoms with Crippen molar-refractivity contribution in [2.24, 2.45) is 0 Å². The maximum atomic E-state index is 13.4. The quantitative estimate of drug-likeness (QED) is 0.388. The number of nitrogens with one attached hydrogen (secondary N) is 3. The van der Waals surface area contributed by atoms with E-state index >= 15 is 0 Å². The van der Waals surface area contributed by atoms with Gasteiger partial charge in [0.15, 0.2) is 0 Å². The molecule has 0 atom stereocenters. The maximum Gasteiger partial charge on any atom is 0.243 e. The van der Waals surface area contributed by atoms with Crippen molar-refractivity contribution in [2.75, 3.05) is 63.7 Å². The van der Waals surface area contributed by atoms with Gasteiger partial charge in [-0.2, -0.15) is 14.3 Å². The molecule has 3 aromatic rings. The van der Waals surface area contributed by atoms with Crippen molar-refractivity contribution >= 4 is 50.1 Å². The number of aromatic nitrogens is 3. The number of halogens is 1. The summed E-state index contributed by atoms with van der Waals surface area (Å²) in [6.07, 6.45) is 3.29. The predicted molar refractivity (Wildman–Crippen MR) is 144 cm³/mol. The average Bonchev–Trinajstić information content (AvgIpc) is 3.30. The van der Waals surface area contributed by atoms with Crippen LogP contribution in [-0.2, 0) is 14.8 Å². The van der Waals surface area contributed by atoms with E-state index in [9.17, 15) is 8.42 Å². The lowest BCUT2D eigenvalue weighted by Gasteiger charge is -2.39. The third-order valence-corrected chi connectivity index (χ3v) is 9.06. The molecule has 3 N–H and O–H groups in total. The number of hydrogen-bond acceptors (Lipinski definition) is 9. The van der Waals surface area contributed by atoms with Crippen molar-refractivity contribution < 1.29 is 17.9 Å². The normalized spacial score (nSPS) is 18.2. The van der Waals surface area contributed by atoms with Crippen molar-refractivity contribution in [3.8, 4) is 5.75 Å². The molecule has 11 nitrogen and oxygen atoms in total. The van der Waals surface area contributed by atoms with Gasteiger partial charge in [0.1, 0.15) is 17.2 Å². The number of methoxy groups -OCH3 is 1. The van der Waals surface area contributed by atoms with Crippen LogP contribution >= 0.6 is 11.6 Å². The van der Waals surface area contributed by atoms with Crippen molar-refractivity contribution in [3.05, 3.63) is 29.4 Å². The number of morpholine rings is 1. The van der Waals surface area contributed by atoms with E-state index in [0.717, 1.165) is 39.1 Å². The summed E-state index contributed by atoms with van der Waals surface area (Å²) in [6.45, 7) is 6.92. The lowest BCUT2D eigenvalue weighted by molar-refractivity contribution is 0.00610. The Balaban J connectivity index is 1.33. The van der Waals surface area contributed by atoms with Crippen LogP contribution in [0.15, 0.2) is 29.3 Å². The minimum Gasteiger partial charge on any atom is -0.495 e. The summed E-state index contributed by atoms with van der Waals surface area (Å²) in [5.41, 5.74) is 1.13. The molecule has 1 aromatic carbocycles. The number of hydrogen-bond donors (Lipinski definition) is 3. The van der Waals surface area contributed by atoms with Gasteiger partial charge in [-0.25, -0.2) is 8.42 Å². The molecule has 0 spiro atoms. The third kappa shape index (κ3) is 5.34. The molecule has 37 heavy (non-hydrogen) atoms. The second kappa shape index (κ2) is 11.0. The Morgan fingerprint density at radius 1 is 1.19 bits per heavy atom. The lowest BCUT2D eigenvalue weighted by Crippen LogP contribution is -2.50. The zero-order chi connectivity index (χ0) is 26.0. The molecule has 2 aromatic heterocycles. The Hall–Kier alpha value is -2.64. The molecule has 0 bridgehead atoms. The first-order chi connectivity index (χ1) is 17.9. The lowest BCUT2D eigenvalue weighted by atomic mass is 10.0. The molecule has 2 aliphatic rings. The highest BCUT2D eigenvalue weighted by Crippen LogP contribution is 2.34. The second-order valence-corrected chi connectivity index (χ2v) is 11.4. The first-order valence-electron chi connectivity index (χ1n) is 12.5. The molecule has 2 saturated heterocycles. The van der Waals surface area contributed by atoms with Gasteiger partial charge in [-0.1, -0.05) is 11.6 Å². The van der Waals surface area contributed by atoms with E-state index in [1.54, 1.807) is 28.7 Å². The minimum absolute atomic E-state index is 0.195. The fourth-order valence-corrected chi connectivity index (χ4v) is 6.66. The first-order valence-corrected chi connectivity index (χ1v) is 14.3. The van der Waals surface area contributed by atoms with Crippen molar-refractivity contribution in [2.45, 2.75) is 30.7 Å².